The Balaban J connectivity index is 1.71. The molecular formula is C23H27NO7S. The molecule has 1 heterocycles. The molecule has 1 aliphatic carbocycles. The van der Waals surface area contributed by atoms with Crippen molar-refractivity contribution >= 4 is 34.2 Å². The van der Waals surface area contributed by atoms with Gasteiger partial charge in [-0.25, -0.2) is 9.59 Å². The number of anilines is 1. The molecule has 0 aliphatic heterocycles. The Kier molecular flexibility index (Phi) is 7.74. The smallest absolute Gasteiger partial charge is 0.341 e. The van der Waals surface area contributed by atoms with Crippen LogP contribution >= 0.6 is 11.3 Å². The molecule has 0 fully saturated rings. The van der Waals surface area contributed by atoms with Gasteiger partial charge in [0, 0.05) is 10.9 Å². The molecule has 0 bridgehead atoms. The summed E-state index contributed by atoms with van der Waals surface area (Å²) in [5.74, 6) is -0.306. The molecule has 8 nitrogen and oxygen atoms in total. The first-order valence-electron chi connectivity index (χ1n) is 10.4. The van der Waals surface area contributed by atoms with E-state index in [9.17, 15) is 14.4 Å². The molecule has 0 saturated heterocycles. The highest BCUT2D eigenvalue weighted by atomic mass is 32.1. The summed E-state index contributed by atoms with van der Waals surface area (Å²) in [7, 11) is 2.94. The number of carbonyl (C=O) groups excluding carboxylic acids is 3. The zero-order chi connectivity index (χ0) is 23.3. The first-order chi connectivity index (χ1) is 15.4. The van der Waals surface area contributed by atoms with E-state index in [4.69, 9.17) is 18.9 Å². The van der Waals surface area contributed by atoms with Crippen LogP contribution < -0.4 is 14.8 Å². The lowest BCUT2D eigenvalue weighted by Gasteiger charge is -2.18. The Labute approximate surface area is 190 Å². The van der Waals surface area contributed by atoms with E-state index >= 15 is 0 Å². The molecule has 1 N–H and O–H groups in total. The van der Waals surface area contributed by atoms with Crippen molar-refractivity contribution in [3.05, 3.63) is 39.8 Å². The zero-order valence-corrected chi connectivity index (χ0v) is 19.4. The van der Waals surface area contributed by atoms with Gasteiger partial charge >= 0.3 is 11.9 Å². The highest BCUT2D eigenvalue weighted by Gasteiger charge is 2.29. The topological polar surface area (TPSA) is 100 Å². The summed E-state index contributed by atoms with van der Waals surface area (Å²) in [5.41, 5.74) is 1.56. The number of benzene rings is 1. The minimum Gasteiger partial charge on any atom is -0.497 e. The standard InChI is InChI=1S/C23H27NO7S/c1-5-30-23(27)20-17-7-6-13(2)8-18(17)32-21(20)24-19(25)12-31-22(26)14-9-15(28-3)11-16(10-14)29-4/h9-11,13H,5-8,12H2,1-4H3,(H,24,25). The normalized spacial score (nSPS) is 14.8. The van der Waals surface area contributed by atoms with Crippen molar-refractivity contribution in [2.24, 2.45) is 5.92 Å². The van der Waals surface area contributed by atoms with Crippen LogP contribution in [0.15, 0.2) is 18.2 Å². The van der Waals surface area contributed by atoms with Crippen LogP contribution in [0.3, 0.4) is 0 Å². The second kappa shape index (κ2) is 10.5. The number of fused-ring (bicyclic) bond motifs is 1. The van der Waals surface area contributed by atoms with Gasteiger partial charge in [-0.2, -0.15) is 0 Å². The van der Waals surface area contributed by atoms with Gasteiger partial charge < -0.3 is 24.3 Å². The van der Waals surface area contributed by atoms with Gasteiger partial charge in [-0.15, -0.1) is 11.3 Å². The molecule has 1 aliphatic rings. The third-order valence-electron chi connectivity index (χ3n) is 5.17. The fourth-order valence-electron chi connectivity index (χ4n) is 3.56. The molecule has 1 atom stereocenters. The lowest BCUT2D eigenvalue weighted by molar-refractivity contribution is -0.119. The summed E-state index contributed by atoms with van der Waals surface area (Å²) in [6, 6.07) is 4.62. The van der Waals surface area contributed by atoms with E-state index in [1.54, 1.807) is 13.0 Å². The van der Waals surface area contributed by atoms with Crippen LogP contribution in [-0.2, 0) is 27.1 Å². The van der Waals surface area contributed by atoms with E-state index in [2.05, 4.69) is 12.2 Å². The highest BCUT2D eigenvalue weighted by molar-refractivity contribution is 7.17. The fourth-order valence-corrected chi connectivity index (χ4v) is 4.98. The number of hydrogen-bond acceptors (Lipinski definition) is 8. The Bertz CT molecular complexity index is 992. The summed E-state index contributed by atoms with van der Waals surface area (Å²) in [6.07, 6.45) is 2.60. The van der Waals surface area contributed by atoms with E-state index in [0.717, 1.165) is 29.7 Å². The maximum Gasteiger partial charge on any atom is 0.341 e. The third-order valence-corrected chi connectivity index (χ3v) is 6.34. The predicted molar refractivity (Wildman–Crippen MR) is 120 cm³/mol. The largest absolute Gasteiger partial charge is 0.497 e. The van der Waals surface area contributed by atoms with Crippen LogP contribution in [0.2, 0.25) is 0 Å². The van der Waals surface area contributed by atoms with Gasteiger partial charge in [-0.3, -0.25) is 4.79 Å². The molecule has 2 aromatic rings. The number of thiophene rings is 1. The molecule has 0 saturated carbocycles. The first-order valence-corrected chi connectivity index (χ1v) is 11.2. The van der Waals surface area contributed by atoms with Gasteiger partial charge in [0.05, 0.1) is 32.0 Å². The molecular weight excluding hydrogens is 434 g/mol. The van der Waals surface area contributed by atoms with Crippen molar-refractivity contribution in [1.29, 1.82) is 0 Å². The number of carbonyl (C=O) groups is 3. The number of amides is 1. The lowest BCUT2D eigenvalue weighted by Crippen LogP contribution is -2.22. The number of esters is 2. The lowest BCUT2D eigenvalue weighted by atomic mass is 9.88. The van der Waals surface area contributed by atoms with Crippen molar-refractivity contribution in [2.75, 3.05) is 32.8 Å². The second-order valence-electron chi connectivity index (χ2n) is 7.50. The number of hydrogen-bond donors (Lipinski definition) is 1. The van der Waals surface area contributed by atoms with Crippen molar-refractivity contribution in [3.8, 4) is 11.5 Å². The average Bonchev–Trinajstić information content (AvgIpc) is 3.13. The Morgan fingerprint density at radius 3 is 2.38 bits per heavy atom. The van der Waals surface area contributed by atoms with Gasteiger partial charge in [0.1, 0.15) is 16.5 Å². The van der Waals surface area contributed by atoms with E-state index in [1.165, 1.54) is 37.7 Å². The van der Waals surface area contributed by atoms with Crippen LogP contribution in [0.1, 0.15) is 51.4 Å². The molecule has 172 valence electrons. The van der Waals surface area contributed by atoms with E-state index in [0.29, 0.717) is 28.0 Å². The zero-order valence-electron chi connectivity index (χ0n) is 18.6. The average molecular weight is 462 g/mol. The molecule has 1 aromatic carbocycles. The first kappa shape index (κ1) is 23.6. The molecule has 3 rings (SSSR count). The van der Waals surface area contributed by atoms with Crippen molar-refractivity contribution < 1.29 is 33.3 Å². The van der Waals surface area contributed by atoms with Gasteiger partial charge in [0.15, 0.2) is 6.61 Å². The van der Waals surface area contributed by atoms with Crippen LogP contribution in [0, 0.1) is 5.92 Å². The fraction of sp³-hybridized carbons (Fsp3) is 0.435. The van der Waals surface area contributed by atoms with E-state index < -0.39 is 24.5 Å². The quantitative estimate of drug-likeness (QED) is 0.596. The summed E-state index contributed by atoms with van der Waals surface area (Å²) in [5, 5.41) is 3.16. The van der Waals surface area contributed by atoms with Gasteiger partial charge in [0.2, 0.25) is 0 Å². The van der Waals surface area contributed by atoms with Crippen molar-refractivity contribution in [1.82, 2.24) is 0 Å². The molecule has 0 spiro atoms. The number of methoxy groups -OCH3 is 2. The number of nitrogens with one attached hydrogen (secondary N) is 1. The van der Waals surface area contributed by atoms with Gasteiger partial charge in [-0.05, 0) is 49.8 Å². The van der Waals surface area contributed by atoms with Crippen LogP contribution in [0.25, 0.3) is 0 Å². The Morgan fingerprint density at radius 2 is 1.75 bits per heavy atom. The van der Waals surface area contributed by atoms with Gasteiger partial charge in [-0.1, -0.05) is 6.92 Å². The molecule has 1 amide bonds. The van der Waals surface area contributed by atoms with Crippen molar-refractivity contribution in [2.45, 2.75) is 33.1 Å². The second-order valence-corrected chi connectivity index (χ2v) is 8.61. The maximum absolute atomic E-state index is 12.6. The molecule has 9 heteroatoms. The summed E-state index contributed by atoms with van der Waals surface area (Å²) in [4.78, 5) is 38.6. The SMILES string of the molecule is CCOC(=O)c1c(NC(=O)COC(=O)c2cc(OC)cc(OC)c2)sc2c1CCC(C)C2. The van der Waals surface area contributed by atoms with Crippen LogP contribution in [0.4, 0.5) is 5.00 Å². The molecule has 32 heavy (non-hydrogen) atoms. The third kappa shape index (κ3) is 5.40. The number of ether oxygens (including phenoxy) is 4. The van der Waals surface area contributed by atoms with E-state index in [1.807, 2.05) is 0 Å². The summed E-state index contributed by atoms with van der Waals surface area (Å²) < 4.78 is 20.7. The van der Waals surface area contributed by atoms with Crippen LogP contribution in [0.5, 0.6) is 11.5 Å². The predicted octanol–water partition coefficient (Wildman–Crippen LogP) is 3.86. The Morgan fingerprint density at radius 1 is 1.06 bits per heavy atom. The van der Waals surface area contributed by atoms with Crippen LogP contribution in [-0.4, -0.2) is 45.3 Å². The highest BCUT2D eigenvalue weighted by Crippen LogP contribution is 2.40. The van der Waals surface area contributed by atoms with Crippen molar-refractivity contribution in [3.63, 3.8) is 0 Å². The molecule has 0 radical (unpaired) electrons. The summed E-state index contributed by atoms with van der Waals surface area (Å²) >= 11 is 1.38. The Hall–Kier alpha value is -3.07. The molecule has 1 unspecified atom stereocenters. The summed E-state index contributed by atoms with van der Waals surface area (Å²) in [6.45, 7) is 3.65. The number of rotatable bonds is 8. The molecule has 1 aromatic heterocycles. The monoisotopic (exact) mass is 461 g/mol. The minimum atomic E-state index is -0.692. The maximum atomic E-state index is 12.6. The van der Waals surface area contributed by atoms with E-state index in [-0.39, 0.29) is 12.2 Å². The van der Waals surface area contributed by atoms with Gasteiger partial charge in [0.25, 0.3) is 5.91 Å². The minimum absolute atomic E-state index is 0.196.